The van der Waals surface area contributed by atoms with Gasteiger partial charge in [0.25, 0.3) is 0 Å². The van der Waals surface area contributed by atoms with Crippen LogP contribution in [0.25, 0.3) is 11.1 Å². The van der Waals surface area contributed by atoms with Gasteiger partial charge in [-0.05, 0) is 35.8 Å². The number of rotatable bonds is 4. The van der Waals surface area contributed by atoms with E-state index in [4.69, 9.17) is 0 Å². The number of aldehydes is 1. The summed E-state index contributed by atoms with van der Waals surface area (Å²) in [5.74, 6) is -0.159. The van der Waals surface area contributed by atoms with Crippen molar-refractivity contribution in [1.82, 2.24) is 0 Å². The van der Waals surface area contributed by atoms with Gasteiger partial charge in [-0.2, -0.15) is 0 Å². The van der Waals surface area contributed by atoms with Crippen molar-refractivity contribution in [3.05, 3.63) is 47.8 Å². The molecule has 1 nitrogen and oxygen atoms in total. The first-order chi connectivity index (χ1) is 9.19. The Kier molecular flexibility index (Phi) is 4.66. The number of hydrogen-bond acceptors (Lipinski definition) is 3. The first kappa shape index (κ1) is 14.2. The van der Waals surface area contributed by atoms with Crippen LogP contribution in [0, 0.1) is 5.82 Å². The number of thioether (sulfide) groups is 2. The zero-order chi connectivity index (χ0) is 13.8. The Hall–Kier alpha value is -1.26. The van der Waals surface area contributed by atoms with Crippen LogP contribution in [0.4, 0.5) is 4.39 Å². The van der Waals surface area contributed by atoms with Crippen molar-refractivity contribution >= 4 is 29.8 Å². The quantitative estimate of drug-likeness (QED) is 0.598. The van der Waals surface area contributed by atoms with Gasteiger partial charge in [0.1, 0.15) is 12.1 Å². The molecular weight excluding hydrogens is 279 g/mol. The maximum atomic E-state index is 14.0. The molecule has 4 heteroatoms. The second kappa shape index (κ2) is 6.26. The first-order valence-corrected chi connectivity index (χ1v) is 8.11. The molecule has 0 aromatic heterocycles. The molecule has 0 heterocycles. The van der Waals surface area contributed by atoms with Crippen LogP contribution in [0.15, 0.2) is 46.2 Å². The van der Waals surface area contributed by atoms with Gasteiger partial charge >= 0.3 is 0 Å². The fourth-order valence-electron chi connectivity index (χ4n) is 1.79. The van der Waals surface area contributed by atoms with Crippen molar-refractivity contribution in [2.24, 2.45) is 0 Å². The largest absolute Gasteiger partial charge is 0.298 e. The van der Waals surface area contributed by atoms with E-state index in [2.05, 4.69) is 0 Å². The molecule has 2 aromatic carbocycles. The topological polar surface area (TPSA) is 17.1 Å². The number of carbonyl (C=O) groups is 1. The Morgan fingerprint density at radius 3 is 1.89 bits per heavy atom. The van der Waals surface area contributed by atoms with Crippen LogP contribution in [0.5, 0.6) is 0 Å². The summed E-state index contributed by atoms with van der Waals surface area (Å²) in [7, 11) is 0. The van der Waals surface area contributed by atoms with E-state index in [1.165, 1.54) is 23.5 Å². The van der Waals surface area contributed by atoms with E-state index in [9.17, 15) is 9.18 Å². The van der Waals surface area contributed by atoms with Crippen molar-refractivity contribution < 1.29 is 9.18 Å². The number of hydrogen-bond donors (Lipinski definition) is 0. The molecule has 0 aliphatic rings. The average molecular weight is 292 g/mol. The standard InChI is InChI=1S/C15H13FOS2/c1-18-13-7-12(8-14(19-2)15(13)16)11-5-3-10(9-17)4-6-11/h3-9H,1-2H3. The number of benzene rings is 2. The van der Waals surface area contributed by atoms with E-state index in [1.54, 1.807) is 12.1 Å². The lowest BCUT2D eigenvalue weighted by Crippen LogP contribution is -1.89. The molecule has 0 saturated carbocycles. The molecule has 0 spiro atoms. The monoisotopic (exact) mass is 292 g/mol. The Balaban J connectivity index is 2.51. The van der Waals surface area contributed by atoms with Gasteiger partial charge in [0, 0.05) is 15.4 Å². The van der Waals surface area contributed by atoms with Crippen LogP contribution in [-0.2, 0) is 0 Å². The minimum atomic E-state index is -0.159. The maximum Gasteiger partial charge on any atom is 0.150 e. The van der Waals surface area contributed by atoms with Crippen molar-refractivity contribution in [3.63, 3.8) is 0 Å². The van der Waals surface area contributed by atoms with Crippen LogP contribution in [-0.4, -0.2) is 18.8 Å². The van der Waals surface area contributed by atoms with Gasteiger partial charge in [0.2, 0.25) is 0 Å². The Morgan fingerprint density at radius 1 is 0.947 bits per heavy atom. The highest BCUT2D eigenvalue weighted by molar-refractivity contribution is 7.99. The third-order valence-corrected chi connectivity index (χ3v) is 4.30. The smallest absolute Gasteiger partial charge is 0.150 e. The normalized spacial score (nSPS) is 10.5. The molecule has 0 radical (unpaired) electrons. The van der Waals surface area contributed by atoms with Crippen LogP contribution in [0.1, 0.15) is 10.4 Å². The van der Waals surface area contributed by atoms with Gasteiger partial charge in [-0.1, -0.05) is 24.3 Å². The van der Waals surface area contributed by atoms with Crippen molar-refractivity contribution in [1.29, 1.82) is 0 Å². The van der Waals surface area contributed by atoms with Gasteiger partial charge in [-0.15, -0.1) is 23.5 Å². The minimum absolute atomic E-state index is 0.159. The summed E-state index contributed by atoms with van der Waals surface area (Å²) in [4.78, 5) is 11.9. The zero-order valence-electron chi connectivity index (χ0n) is 10.6. The fourth-order valence-corrected chi connectivity index (χ4v) is 2.92. The lowest BCUT2D eigenvalue weighted by atomic mass is 10.0. The van der Waals surface area contributed by atoms with Gasteiger partial charge in [-0.3, -0.25) is 4.79 Å². The van der Waals surface area contributed by atoms with Crippen LogP contribution >= 0.6 is 23.5 Å². The molecule has 0 N–H and O–H groups in total. The van der Waals surface area contributed by atoms with E-state index in [-0.39, 0.29) is 5.82 Å². The predicted octanol–water partition coefficient (Wildman–Crippen LogP) is 4.75. The summed E-state index contributed by atoms with van der Waals surface area (Å²) in [5, 5.41) is 0. The summed E-state index contributed by atoms with van der Waals surface area (Å²) >= 11 is 2.79. The molecular formula is C15H13FOS2. The second-order valence-electron chi connectivity index (χ2n) is 3.93. The summed E-state index contributed by atoms with van der Waals surface area (Å²) in [6.45, 7) is 0. The maximum absolute atomic E-state index is 14.0. The average Bonchev–Trinajstić information content (AvgIpc) is 2.47. The summed E-state index contributed by atoms with van der Waals surface area (Å²) in [6.07, 6.45) is 4.54. The van der Waals surface area contributed by atoms with Crippen molar-refractivity contribution in [2.45, 2.75) is 9.79 Å². The third kappa shape index (κ3) is 3.01. The van der Waals surface area contributed by atoms with Crippen LogP contribution in [0.3, 0.4) is 0 Å². The van der Waals surface area contributed by atoms with Gasteiger partial charge in [-0.25, -0.2) is 4.39 Å². The molecule has 0 bridgehead atoms. The Morgan fingerprint density at radius 2 is 1.47 bits per heavy atom. The van der Waals surface area contributed by atoms with E-state index >= 15 is 0 Å². The lowest BCUT2D eigenvalue weighted by Gasteiger charge is -2.09. The second-order valence-corrected chi connectivity index (χ2v) is 5.63. The zero-order valence-corrected chi connectivity index (χ0v) is 12.3. The molecule has 98 valence electrons. The highest BCUT2D eigenvalue weighted by Crippen LogP contribution is 2.33. The molecule has 0 amide bonds. The lowest BCUT2D eigenvalue weighted by molar-refractivity contribution is 0.112. The van der Waals surface area contributed by atoms with E-state index in [0.717, 1.165) is 17.4 Å². The molecule has 2 rings (SSSR count). The molecule has 0 saturated heterocycles. The molecule has 0 aliphatic heterocycles. The highest BCUT2D eigenvalue weighted by atomic mass is 32.2. The number of halogens is 1. The molecule has 0 atom stereocenters. The Bertz CT molecular complexity index is 569. The summed E-state index contributed by atoms with van der Waals surface area (Å²) < 4.78 is 14.0. The van der Waals surface area contributed by atoms with E-state index in [1.807, 2.05) is 36.8 Å². The number of carbonyl (C=O) groups excluding carboxylic acids is 1. The highest BCUT2D eigenvalue weighted by Gasteiger charge is 2.10. The van der Waals surface area contributed by atoms with Gasteiger partial charge in [0.05, 0.1) is 0 Å². The minimum Gasteiger partial charge on any atom is -0.298 e. The molecule has 0 aliphatic carbocycles. The molecule has 0 unspecified atom stereocenters. The summed E-state index contributed by atoms with van der Waals surface area (Å²) in [6, 6.07) is 11.0. The predicted molar refractivity (Wildman–Crippen MR) is 80.8 cm³/mol. The molecule has 2 aromatic rings. The van der Waals surface area contributed by atoms with Crippen LogP contribution < -0.4 is 0 Å². The Labute approximate surface area is 120 Å². The molecule has 19 heavy (non-hydrogen) atoms. The van der Waals surface area contributed by atoms with E-state index < -0.39 is 0 Å². The third-order valence-electron chi connectivity index (χ3n) is 2.83. The van der Waals surface area contributed by atoms with Gasteiger partial charge < -0.3 is 0 Å². The molecule has 0 fully saturated rings. The summed E-state index contributed by atoms with van der Waals surface area (Å²) in [5.41, 5.74) is 2.59. The van der Waals surface area contributed by atoms with Crippen LogP contribution in [0.2, 0.25) is 0 Å². The fraction of sp³-hybridized carbons (Fsp3) is 0.133. The first-order valence-electron chi connectivity index (χ1n) is 5.66. The van der Waals surface area contributed by atoms with Gasteiger partial charge in [0.15, 0.2) is 0 Å². The van der Waals surface area contributed by atoms with E-state index in [0.29, 0.717) is 15.4 Å². The van der Waals surface area contributed by atoms with Crippen molar-refractivity contribution in [2.75, 3.05) is 12.5 Å². The van der Waals surface area contributed by atoms with Crippen molar-refractivity contribution in [3.8, 4) is 11.1 Å². The SMILES string of the molecule is CSc1cc(-c2ccc(C=O)cc2)cc(SC)c1F.